The van der Waals surface area contributed by atoms with Crippen molar-refractivity contribution in [3.8, 4) is 0 Å². The Morgan fingerprint density at radius 2 is 1.92 bits per heavy atom. The van der Waals surface area contributed by atoms with E-state index in [2.05, 4.69) is 25.9 Å². The van der Waals surface area contributed by atoms with E-state index in [0.29, 0.717) is 12.2 Å². The number of carbonyl (C=O) groups excluding carboxylic acids is 1. The summed E-state index contributed by atoms with van der Waals surface area (Å²) in [5.41, 5.74) is 2.91. The lowest BCUT2D eigenvalue weighted by Gasteiger charge is -2.14. The van der Waals surface area contributed by atoms with Gasteiger partial charge in [-0.15, -0.1) is 10.2 Å². The number of ether oxygens (including phenoxy) is 1. The van der Waals surface area contributed by atoms with Gasteiger partial charge in [-0.05, 0) is 36.1 Å². The summed E-state index contributed by atoms with van der Waals surface area (Å²) in [7, 11) is 0. The number of amides is 1. The van der Waals surface area contributed by atoms with Crippen molar-refractivity contribution in [1.29, 1.82) is 0 Å². The van der Waals surface area contributed by atoms with Crippen LogP contribution in [0.1, 0.15) is 35.9 Å². The molecule has 1 aliphatic rings. The van der Waals surface area contributed by atoms with Crippen molar-refractivity contribution >= 4 is 11.6 Å². The topological polar surface area (TPSA) is 92.8 Å². The van der Waals surface area contributed by atoms with Crippen molar-refractivity contribution in [3.63, 3.8) is 0 Å². The van der Waals surface area contributed by atoms with E-state index in [9.17, 15) is 4.79 Å². The van der Waals surface area contributed by atoms with Gasteiger partial charge >= 0.3 is 0 Å². The van der Waals surface area contributed by atoms with Crippen molar-refractivity contribution < 1.29 is 9.53 Å². The normalized spacial score (nSPS) is 19.4. The number of hydrogen-bond acceptors (Lipinski definition) is 5. The molecule has 0 radical (unpaired) electrons. The van der Waals surface area contributed by atoms with E-state index in [1.165, 1.54) is 0 Å². The molecule has 26 heavy (non-hydrogen) atoms. The Hall–Kier alpha value is -3.06. The van der Waals surface area contributed by atoms with Gasteiger partial charge < -0.3 is 10.1 Å². The summed E-state index contributed by atoms with van der Waals surface area (Å²) in [6.07, 6.45) is 1.74. The molecule has 132 valence electrons. The van der Waals surface area contributed by atoms with E-state index in [1.807, 2.05) is 54.6 Å². The molecule has 7 nitrogen and oxygen atoms in total. The van der Waals surface area contributed by atoms with Crippen LogP contribution in [0, 0.1) is 0 Å². The summed E-state index contributed by atoms with van der Waals surface area (Å²) in [6.45, 7) is 0. The first-order valence-electron chi connectivity index (χ1n) is 8.60. The average molecular weight is 349 g/mol. The number of hydrogen-bond donors (Lipinski definition) is 2. The second kappa shape index (κ2) is 7.45. The van der Waals surface area contributed by atoms with Crippen molar-refractivity contribution in [1.82, 2.24) is 20.6 Å². The molecule has 2 aromatic carbocycles. The molecule has 1 amide bonds. The summed E-state index contributed by atoms with van der Waals surface area (Å²) in [5.74, 6) is 0.530. The van der Waals surface area contributed by atoms with Gasteiger partial charge in [-0.3, -0.25) is 4.79 Å². The number of rotatable bonds is 5. The first-order valence-corrected chi connectivity index (χ1v) is 8.60. The van der Waals surface area contributed by atoms with Crippen LogP contribution in [0.2, 0.25) is 0 Å². The van der Waals surface area contributed by atoms with E-state index >= 15 is 0 Å². The van der Waals surface area contributed by atoms with Crippen molar-refractivity contribution in [3.05, 3.63) is 71.5 Å². The first-order chi connectivity index (χ1) is 12.8. The van der Waals surface area contributed by atoms with Gasteiger partial charge in [0.25, 0.3) is 5.91 Å². The number of anilines is 1. The molecule has 0 saturated carbocycles. The number of aromatic nitrogens is 4. The second-order valence-electron chi connectivity index (χ2n) is 6.29. The lowest BCUT2D eigenvalue weighted by molar-refractivity contribution is -0.126. The Morgan fingerprint density at radius 1 is 1.12 bits per heavy atom. The maximum absolute atomic E-state index is 12.5. The third-order valence-electron chi connectivity index (χ3n) is 4.46. The standard InChI is InChI=1S/C19H19N5O2/c25-19(17-11-10-16(26-17)14-4-2-1-3-5-14)20-15-8-6-13(7-9-15)12-18-21-23-24-22-18/h1-9,16-17H,10-12H2,(H,20,25)(H,21,22,23,24)/t16-,17+/m0/s1. The molecule has 0 bridgehead atoms. The zero-order valence-electron chi connectivity index (χ0n) is 14.1. The molecule has 1 aliphatic heterocycles. The fraction of sp³-hybridized carbons (Fsp3) is 0.263. The molecule has 1 aromatic heterocycles. The maximum atomic E-state index is 12.5. The van der Waals surface area contributed by atoms with Crippen LogP contribution in [0.25, 0.3) is 0 Å². The monoisotopic (exact) mass is 349 g/mol. The summed E-state index contributed by atoms with van der Waals surface area (Å²) in [6, 6.07) is 17.6. The van der Waals surface area contributed by atoms with E-state index in [0.717, 1.165) is 29.7 Å². The second-order valence-corrected chi connectivity index (χ2v) is 6.29. The molecule has 7 heteroatoms. The van der Waals surface area contributed by atoms with Gasteiger partial charge in [0.05, 0.1) is 6.10 Å². The van der Waals surface area contributed by atoms with Gasteiger partial charge in [-0.25, -0.2) is 0 Å². The highest BCUT2D eigenvalue weighted by atomic mass is 16.5. The van der Waals surface area contributed by atoms with Gasteiger partial charge in [0.1, 0.15) is 6.10 Å². The zero-order chi connectivity index (χ0) is 17.8. The maximum Gasteiger partial charge on any atom is 0.253 e. The van der Waals surface area contributed by atoms with Crippen LogP contribution >= 0.6 is 0 Å². The van der Waals surface area contributed by atoms with Gasteiger partial charge in [0.2, 0.25) is 0 Å². The fourth-order valence-corrected chi connectivity index (χ4v) is 3.11. The highest BCUT2D eigenvalue weighted by molar-refractivity contribution is 5.94. The molecule has 4 rings (SSSR count). The Balaban J connectivity index is 1.33. The van der Waals surface area contributed by atoms with Crippen molar-refractivity contribution in [2.75, 3.05) is 5.32 Å². The SMILES string of the molecule is O=C(Nc1ccc(Cc2nn[nH]n2)cc1)[C@H]1CC[C@@H](c2ccccc2)O1. The third-order valence-corrected chi connectivity index (χ3v) is 4.46. The minimum absolute atomic E-state index is 0.00992. The lowest BCUT2D eigenvalue weighted by Crippen LogP contribution is -2.27. The van der Waals surface area contributed by atoms with Crippen LogP contribution in [0.5, 0.6) is 0 Å². The molecule has 0 unspecified atom stereocenters. The smallest absolute Gasteiger partial charge is 0.253 e. The highest BCUT2D eigenvalue weighted by Gasteiger charge is 2.31. The fourth-order valence-electron chi connectivity index (χ4n) is 3.11. The number of nitrogens with one attached hydrogen (secondary N) is 2. The van der Waals surface area contributed by atoms with E-state index in [4.69, 9.17) is 4.74 Å². The Morgan fingerprint density at radius 3 is 2.65 bits per heavy atom. The molecule has 0 aliphatic carbocycles. The minimum atomic E-state index is -0.417. The predicted octanol–water partition coefficient (Wildman–Crippen LogP) is 2.65. The molecular formula is C19H19N5O2. The summed E-state index contributed by atoms with van der Waals surface area (Å²) < 4.78 is 5.94. The summed E-state index contributed by atoms with van der Waals surface area (Å²) in [5, 5.41) is 16.8. The number of tetrazole rings is 1. The predicted molar refractivity (Wildman–Crippen MR) is 95.3 cm³/mol. The van der Waals surface area contributed by atoms with Crippen LogP contribution in [0.3, 0.4) is 0 Å². The molecule has 2 atom stereocenters. The lowest BCUT2D eigenvalue weighted by atomic mass is 10.1. The number of H-pyrrole nitrogens is 1. The quantitative estimate of drug-likeness (QED) is 0.739. The minimum Gasteiger partial charge on any atom is -0.360 e. The number of nitrogens with zero attached hydrogens (tertiary/aromatic N) is 3. The Kier molecular flexibility index (Phi) is 4.70. The van der Waals surface area contributed by atoms with Crippen LogP contribution in [-0.2, 0) is 16.0 Å². The third kappa shape index (κ3) is 3.78. The van der Waals surface area contributed by atoms with E-state index in [-0.39, 0.29) is 12.0 Å². The van der Waals surface area contributed by atoms with Gasteiger partial charge in [-0.2, -0.15) is 5.21 Å². The van der Waals surface area contributed by atoms with Gasteiger partial charge in [0.15, 0.2) is 5.82 Å². The molecule has 3 aromatic rings. The largest absolute Gasteiger partial charge is 0.360 e. The Bertz CT molecular complexity index is 849. The van der Waals surface area contributed by atoms with Crippen molar-refractivity contribution in [2.45, 2.75) is 31.5 Å². The highest BCUT2D eigenvalue weighted by Crippen LogP contribution is 2.33. The van der Waals surface area contributed by atoms with E-state index in [1.54, 1.807) is 0 Å². The molecular weight excluding hydrogens is 330 g/mol. The van der Waals surface area contributed by atoms with Crippen LogP contribution in [0.15, 0.2) is 54.6 Å². The zero-order valence-corrected chi connectivity index (χ0v) is 14.1. The number of benzene rings is 2. The summed E-state index contributed by atoms with van der Waals surface area (Å²) in [4.78, 5) is 12.5. The Labute approximate surface area is 150 Å². The van der Waals surface area contributed by atoms with Gasteiger partial charge in [0, 0.05) is 12.1 Å². The van der Waals surface area contributed by atoms with Gasteiger partial charge in [-0.1, -0.05) is 47.7 Å². The molecule has 0 spiro atoms. The molecule has 1 saturated heterocycles. The molecule has 1 fully saturated rings. The average Bonchev–Trinajstić information content (AvgIpc) is 3.36. The van der Waals surface area contributed by atoms with Crippen LogP contribution in [-0.4, -0.2) is 32.6 Å². The number of carbonyl (C=O) groups is 1. The van der Waals surface area contributed by atoms with Crippen molar-refractivity contribution in [2.24, 2.45) is 0 Å². The molecule has 2 N–H and O–H groups in total. The van der Waals surface area contributed by atoms with Crippen LogP contribution in [0.4, 0.5) is 5.69 Å². The summed E-state index contributed by atoms with van der Waals surface area (Å²) >= 11 is 0. The first kappa shape index (κ1) is 16.4. The molecule has 2 heterocycles. The van der Waals surface area contributed by atoms with Crippen LogP contribution < -0.4 is 5.32 Å². The van der Waals surface area contributed by atoms with E-state index < -0.39 is 6.10 Å². The number of aromatic amines is 1.